The van der Waals surface area contributed by atoms with Crippen molar-refractivity contribution in [1.29, 1.82) is 0 Å². The second kappa shape index (κ2) is 3.43. The zero-order valence-electron chi connectivity index (χ0n) is 9.33. The molecule has 0 aromatic carbocycles. The Morgan fingerprint density at radius 1 is 1.47 bits per heavy atom. The third-order valence-corrected chi connectivity index (χ3v) is 3.58. The van der Waals surface area contributed by atoms with Gasteiger partial charge in [0.25, 0.3) is 5.91 Å². The van der Waals surface area contributed by atoms with Crippen LogP contribution in [-0.4, -0.2) is 44.7 Å². The molecule has 1 saturated carbocycles. The maximum atomic E-state index is 12.0. The molecule has 2 heterocycles. The van der Waals surface area contributed by atoms with Gasteiger partial charge in [0, 0.05) is 6.20 Å². The van der Waals surface area contributed by atoms with Crippen molar-refractivity contribution in [1.82, 2.24) is 9.88 Å². The summed E-state index contributed by atoms with van der Waals surface area (Å²) < 4.78 is 0. The fraction of sp³-hybridized carbons (Fsp3) is 0.500. The third kappa shape index (κ3) is 1.67. The lowest BCUT2D eigenvalue weighted by atomic mass is 9.88. The number of aromatic hydroxyl groups is 1. The largest absolute Gasteiger partial charge is 0.505 e. The lowest BCUT2D eigenvalue weighted by molar-refractivity contribution is -0.0958. The standard InChI is InChI=1S/C12H14N2O3/c15-10-5-13-4-3-9(10)11(16)14-6-12(17,7-14)8-1-2-8/h3-5,8,15,17H,1-2,6-7H2. The zero-order valence-corrected chi connectivity index (χ0v) is 9.33. The van der Waals surface area contributed by atoms with Crippen molar-refractivity contribution in [3.63, 3.8) is 0 Å². The van der Waals surface area contributed by atoms with E-state index in [1.54, 1.807) is 4.90 Å². The van der Waals surface area contributed by atoms with Crippen LogP contribution in [0.25, 0.3) is 0 Å². The molecule has 1 aliphatic carbocycles. The van der Waals surface area contributed by atoms with Crippen molar-refractivity contribution < 1.29 is 15.0 Å². The van der Waals surface area contributed by atoms with Crippen molar-refractivity contribution in [3.05, 3.63) is 24.0 Å². The summed E-state index contributed by atoms with van der Waals surface area (Å²) in [5, 5.41) is 19.6. The molecule has 2 aliphatic rings. The quantitative estimate of drug-likeness (QED) is 0.776. The number of amides is 1. The monoisotopic (exact) mass is 234 g/mol. The molecule has 5 heteroatoms. The van der Waals surface area contributed by atoms with Crippen molar-refractivity contribution in [3.8, 4) is 5.75 Å². The fourth-order valence-corrected chi connectivity index (χ4v) is 2.37. The van der Waals surface area contributed by atoms with Crippen LogP contribution in [0.5, 0.6) is 5.75 Å². The number of pyridine rings is 1. The Balaban J connectivity index is 1.71. The molecule has 0 atom stereocenters. The molecule has 0 spiro atoms. The fourth-order valence-electron chi connectivity index (χ4n) is 2.37. The highest BCUT2D eigenvalue weighted by Crippen LogP contribution is 2.44. The highest BCUT2D eigenvalue weighted by Gasteiger charge is 2.53. The summed E-state index contributed by atoms with van der Waals surface area (Å²) >= 11 is 0. The molecule has 5 nitrogen and oxygen atoms in total. The molecule has 1 aromatic rings. The van der Waals surface area contributed by atoms with Crippen LogP contribution in [0, 0.1) is 5.92 Å². The SMILES string of the molecule is O=C(c1ccncc1O)N1CC(O)(C2CC2)C1. The molecular weight excluding hydrogens is 220 g/mol. The first kappa shape index (κ1) is 10.5. The second-order valence-electron chi connectivity index (χ2n) is 4.93. The predicted molar refractivity (Wildman–Crippen MR) is 59.5 cm³/mol. The van der Waals surface area contributed by atoms with Gasteiger partial charge in [-0.3, -0.25) is 9.78 Å². The van der Waals surface area contributed by atoms with Crippen LogP contribution in [0.1, 0.15) is 23.2 Å². The van der Waals surface area contributed by atoms with Crippen molar-refractivity contribution >= 4 is 5.91 Å². The number of hydrogen-bond donors (Lipinski definition) is 2. The van der Waals surface area contributed by atoms with Gasteiger partial charge in [0.15, 0.2) is 0 Å². The number of nitrogens with zero attached hydrogens (tertiary/aromatic N) is 2. The van der Waals surface area contributed by atoms with Gasteiger partial charge < -0.3 is 15.1 Å². The molecule has 2 fully saturated rings. The lowest BCUT2D eigenvalue weighted by Gasteiger charge is -2.47. The van der Waals surface area contributed by atoms with Gasteiger partial charge in [0.1, 0.15) is 11.4 Å². The normalized spacial score (nSPS) is 22.1. The number of likely N-dealkylation sites (tertiary alicyclic amines) is 1. The Morgan fingerprint density at radius 2 is 2.18 bits per heavy atom. The minimum atomic E-state index is -0.682. The number of hydrogen-bond acceptors (Lipinski definition) is 4. The van der Waals surface area contributed by atoms with E-state index in [1.165, 1.54) is 18.5 Å². The van der Waals surface area contributed by atoms with Crippen molar-refractivity contribution in [2.75, 3.05) is 13.1 Å². The molecule has 0 bridgehead atoms. The summed E-state index contributed by atoms with van der Waals surface area (Å²) in [6.07, 6.45) is 4.83. The van der Waals surface area contributed by atoms with Crippen LogP contribution < -0.4 is 0 Å². The first-order valence-corrected chi connectivity index (χ1v) is 5.75. The van der Waals surface area contributed by atoms with Gasteiger partial charge in [-0.05, 0) is 24.8 Å². The van der Waals surface area contributed by atoms with E-state index < -0.39 is 5.60 Å². The highest BCUT2D eigenvalue weighted by molar-refractivity contribution is 5.97. The average Bonchev–Trinajstić information content (AvgIpc) is 3.08. The third-order valence-electron chi connectivity index (χ3n) is 3.58. The summed E-state index contributed by atoms with van der Waals surface area (Å²) in [6, 6.07) is 1.49. The Hall–Kier alpha value is -1.62. The summed E-state index contributed by atoms with van der Waals surface area (Å²) in [5.74, 6) is 0.00664. The van der Waals surface area contributed by atoms with Crippen LogP contribution >= 0.6 is 0 Å². The molecule has 1 amide bonds. The summed E-state index contributed by atoms with van der Waals surface area (Å²) in [5.41, 5.74) is -0.434. The van der Waals surface area contributed by atoms with E-state index in [1.807, 2.05) is 0 Å². The minimum Gasteiger partial charge on any atom is -0.505 e. The maximum Gasteiger partial charge on any atom is 0.257 e. The number of β-amino-alcohol motifs (C(OH)–C–C–N with tert-alkyl or cyclic N) is 1. The van der Waals surface area contributed by atoms with Crippen molar-refractivity contribution in [2.45, 2.75) is 18.4 Å². The van der Waals surface area contributed by atoms with E-state index >= 15 is 0 Å². The van der Waals surface area contributed by atoms with E-state index in [0.29, 0.717) is 19.0 Å². The summed E-state index contributed by atoms with van der Waals surface area (Å²) in [4.78, 5) is 17.3. The molecule has 1 aromatic heterocycles. The van der Waals surface area contributed by atoms with Crippen LogP contribution in [0.4, 0.5) is 0 Å². The molecule has 90 valence electrons. The molecule has 3 rings (SSSR count). The Bertz CT molecular complexity index is 465. The van der Waals surface area contributed by atoms with Gasteiger partial charge in [-0.25, -0.2) is 0 Å². The maximum absolute atomic E-state index is 12.0. The predicted octanol–water partition coefficient (Wildman–Crippen LogP) is 0.384. The minimum absolute atomic E-state index is 0.112. The molecule has 17 heavy (non-hydrogen) atoms. The molecular formula is C12H14N2O3. The van der Waals surface area contributed by atoms with Gasteiger partial charge in [-0.1, -0.05) is 0 Å². The van der Waals surface area contributed by atoms with E-state index in [0.717, 1.165) is 12.8 Å². The summed E-state index contributed by atoms with van der Waals surface area (Å²) in [7, 11) is 0. The smallest absolute Gasteiger partial charge is 0.257 e. The van der Waals surface area contributed by atoms with Crippen LogP contribution in [0.2, 0.25) is 0 Å². The van der Waals surface area contributed by atoms with Gasteiger partial charge in [0.2, 0.25) is 0 Å². The Labute approximate surface area is 98.7 Å². The zero-order chi connectivity index (χ0) is 12.0. The first-order chi connectivity index (χ1) is 8.10. The Morgan fingerprint density at radius 3 is 2.76 bits per heavy atom. The molecule has 1 saturated heterocycles. The van der Waals surface area contributed by atoms with Gasteiger partial charge in [0.05, 0.1) is 24.8 Å². The number of carbonyl (C=O) groups excluding carboxylic acids is 1. The summed E-state index contributed by atoms with van der Waals surface area (Å²) in [6.45, 7) is 0.747. The topological polar surface area (TPSA) is 73.7 Å². The second-order valence-corrected chi connectivity index (χ2v) is 4.93. The van der Waals surface area contributed by atoms with Crippen molar-refractivity contribution in [2.24, 2.45) is 5.92 Å². The van der Waals surface area contributed by atoms with E-state index in [-0.39, 0.29) is 17.2 Å². The number of aliphatic hydroxyl groups is 1. The number of aromatic nitrogens is 1. The number of carbonyl (C=O) groups is 1. The van der Waals surface area contributed by atoms with Gasteiger partial charge in [-0.2, -0.15) is 0 Å². The average molecular weight is 234 g/mol. The van der Waals surface area contributed by atoms with Gasteiger partial charge >= 0.3 is 0 Å². The van der Waals surface area contributed by atoms with E-state index in [2.05, 4.69) is 4.98 Å². The lowest BCUT2D eigenvalue weighted by Crippen LogP contribution is -2.64. The van der Waals surface area contributed by atoms with E-state index in [9.17, 15) is 15.0 Å². The first-order valence-electron chi connectivity index (χ1n) is 5.75. The molecule has 0 unspecified atom stereocenters. The molecule has 1 aliphatic heterocycles. The Kier molecular flexibility index (Phi) is 2.13. The highest BCUT2D eigenvalue weighted by atomic mass is 16.3. The van der Waals surface area contributed by atoms with Crippen LogP contribution in [-0.2, 0) is 0 Å². The number of rotatable bonds is 2. The molecule has 0 radical (unpaired) electrons. The molecule has 2 N–H and O–H groups in total. The van der Waals surface area contributed by atoms with Crippen LogP contribution in [0.3, 0.4) is 0 Å². The van der Waals surface area contributed by atoms with Crippen LogP contribution in [0.15, 0.2) is 18.5 Å². The van der Waals surface area contributed by atoms with Gasteiger partial charge in [-0.15, -0.1) is 0 Å². The van der Waals surface area contributed by atoms with E-state index in [4.69, 9.17) is 0 Å².